The van der Waals surface area contributed by atoms with E-state index < -0.39 is 0 Å². The van der Waals surface area contributed by atoms with Gasteiger partial charge in [-0.25, -0.2) is 4.39 Å². The fourth-order valence-corrected chi connectivity index (χ4v) is 4.67. The zero-order chi connectivity index (χ0) is 22.7. The summed E-state index contributed by atoms with van der Waals surface area (Å²) in [5.74, 6) is 0.0513. The topological polar surface area (TPSA) is 29.5 Å². The lowest BCUT2D eigenvalue weighted by atomic mass is 10.1. The van der Waals surface area contributed by atoms with Crippen LogP contribution in [0.2, 0.25) is 5.02 Å². The van der Waals surface area contributed by atoms with Gasteiger partial charge >= 0.3 is 0 Å². The van der Waals surface area contributed by atoms with Gasteiger partial charge in [-0.15, -0.1) is 0 Å². The van der Waals surface area contributed by atoms with E-state index in [2.05, 4.69) is 0 Å². The summed E-state index contributed by atoms with van der Waals surface area (Å²) < 4.78 is 19.6. The second-order valence-corrected chi connectivity index (χ2v) is 9.44. The lowest BCUT2D eigenvalue weighted by Crippen LogP contribution is -2.27. The van der Waals surface area contributed by atoms with Crippen molar-refractivity contribution >= 4 is 51.9 Å². The minimum absolute atomic E-state index is 0.122. The Morgan fingerprint density at radius 1 is 1.09 bits per heavy atom. The second kappa shape index (κ2) is 9.86. The van der Waals surface area contributed by atoms with Gasteiger partial charge in [0.1, 0.15) is 22.5 Å². The predicted molar refractivity (Wildman–Crippen MR) is 132 cm³/mol. The van der Waals surface area contributed by atoms with Crippen LogP contribution in [0.25, 0.3) is 6.08 Å². The molecule has 0 aromatic heterocycles. The number of thioether (sulfide) groups is 1. The minimum Gasteiger partial charge on any atom is -0.487 e. The lowest BCUT2D eigenvalue weighted by Gasteiger charge is -2.14. The number of amides is 1. The highest BCUT2D eigenvalue weighted by Crippen LogP contribution is 2.35. The number of ether oxygens (including phenoxy) is 1. The van der Waals surface area contributed by atoms with E-state index in [0.29, 0.717) is 32.1 Å². The van der Waals surface area contributed by atoms with Gasteiger partial charge in [-0.1, -0.05) is 83.6 Å². The molecule has 0 unspecified atom stereocenters. The molecule has 1 saturated heterocycles. The van der Waals surface area contributed by atoms with Crippen LogP contribution in [-0.2, 0) is 17.9 Å². The van der Waals surface area contributed by atoms with Crippen molar-refractivity contribution in [3.05, 3.63) is 105 Å². The largest absolute Gasteiger partial charge is 0.487 e. The number of hydrogen-bond donors (Lipinski definition) is 0. The monoisotopic (exact) mass is 483 g/mol. The van der Waals surface area contributed by atoms with E-state index in [1.807, 2.05) is 37.3 Å². The van der Waals surface area contributed by atoms with Gasteiger partial charge in [-0.3, -0.25) is 9.69 Å². The number of nitrogens with zero attached hydrogens (tertiary/aromatic N) is 1. The Bertz CT molecular complexity index is 1210. The highest BCUT2D eigenvalue weighted by molar-refractivity contribution is 8.26. The maximum absolute atomic E-state index is 13.3. The van der Waals surface area contributed by atoms with Crippen LogP contribution in [0, 0.1) is 12.7 Å². The lowest BCUT2D eigenvalue weighted by molar-refractivity contribution is -0.122. The third-order valence-electron chi connectivity index (χ3n) is 4.87. The van der Waals surface area contributed by atoms with E-state index >= 15 is 0 Å². The molecule has 1 aliphatic rings. The van der Waals surface area contributed by atoms with E-state index in [0.717, 1.165) is 11.1 Å². The molecule has 0 atom stereocenters. The Morgan fingerprint density at radius 2 is 1.88 bits per heavy atom. The molecule has 1 heterocycles. The fourth-order valence-electron chi connectivity index (χ4n) is 3.18. The Hall–Kier alpha value is -2.67. The number of aryl methyl sites for hydroxylation is 1. The van der Waals surface area contributed by atoms with Crippen LogP contribution in [0.15, 0.2) is 71.6 Å². The highest BCUT2D eigenvalue weighted by atomic mass is 35.5. The molecule has 0 aliphatic carbocycles. The summed E-state index contributed by atoms with van der Waals surface area (Å²) in [7, 11) is 0. The van der Waals surface area contributed by atoms with Crippen LogP contribution < -0.4 is 4.74 Å². The van der Waals surface area contributed by atoms with Crippen LogP contribution >= 0.6 is 35.6 Å². The molecular formula is C25H19ClFNO2S2. The van der Waals surface area contributed by atoms with Gasteiger partial charge < -0.3 is 4.74 Å². The van der Waals surface area contributed by atoms with E-state index in [4.69, 9.17) is 28.6 Å². The van der Waals surface area contributed by atoms with Crippen LogP contribution in [0.3, 0.4) is 0 Å². The predicted octanol–water partition coefficient (Wildman–Crippen LogP) is 6.77. The summed E-state index contributed by atoms with van der Waals surface area (Å²) >= 11 is 13.1. The van der Waals surface area contributed by atoms with Crippen molar-refractivity contribution in [2.24, 2.45) is 0 Å². The van der Waals surface area contributed by atoms with E-state index in [1.165, 1.54) is 29.5 Å². The van der Waals surface area contributed by atoms with Crippen molar-refractivity contribution in [2.45, 2.75) is 20.1 Å². The number of thiocarbonyl (C=S) groups is 1. The summed E-state index contributed by atoms with van der Waals surface area (Å²) in [6, 6.07) is 19.5. The number of carbonyl (C=O) groups excluding carboxylic acids is 1. The van der Waals surface area contributed by atoms with Crippen molar-refractivity contribution in [1.29, 1.82) is 0 Å². The average Bonchev–Trinajstić information content (AvgIpc) is 3.02. The first kappa shape index (κ1) is 22.5. The molecule has 0 bridgehead atoms. The van der Waals surface area contributed by atoms with E-state index in [-0.39, 0.29) is 18.3 Å². The van der Waals surface area contributed by atoms with E-state index in [1.54, 1.807) is 35.2 Å². The highest BCUT2D eigenvalue weighted by Gasteiger charge is 2.32. The number of hydrogen-bond acceptors (Lipinski definition) is 4. The molecule has 32 heavy (non-hydrogen) atoms. The number of halogens is 2. The van der Waals surface area contributed by atoms with E-state index in [9.17, 15) is 9.18 Å². The average molecular weight is 484 g/mol. The quantitative estimate of drug-likeness (QED) is 0.286. The van der Waals surface area contributed by atoms with Gasteiger partial charge in [0.05, 0.1) is 16.5 Å². The van der Waals surface area contributed by atoms with Crippen molar-refractivity contribution < 1.29 is 13.9 Å². The minimum atomic E-state index is -0.313. The molecule has 7 heteroatoms. The van der Waals surface area contributed by atoms with Gasteiger partial charge in [0.25, 0.3) is 5.91 Å². The third kappa shape index (κ3) is 5.38. The van der Waals surface area contributed by atoms with Gasteiger partial charge in [0, 0.05) is 0 Å². The molecule has 0 saturated carbocycles. The molecule has 0 N–H and O–H groups in total. The van der Waals surface area contributed by atoms with Crippen LogP contribution in [-0.4, -0.2) is 15.1 Å². The summed E-state index contributed by atoms with van der Waals surface area (Å²) in [4.78, 5) is 15.0. The van der Waals surface area contributed by atoms with Crippen molar-refractivity contribution in [1.82, 2.24) is 4.90 Å². The first-order valence-corrected chi connectivity index (χ1v) is 11.5. The summed E-state index contributed by atoms with van der Waals surface area (Å²) in [6.45, 7) is 2.67. The summed E-state index contributed by atoms with van der Waals surface area (Å²) in [5, 5.41) is 0.408. The fraction of sp³-hybridized carbons (Fsp3) is 0.120. The molecule has 3 aromatic rings. The number of rotatable bonds is 6. The number of carbonyl (C=O) groups is 1. The SMILES string of the molecule is Cc1ccc(CN2C(=O)/C(=C/c3ccc(OCc4cccc(F)c4)c(Cl)c3)SC2=S)cc1. The van der Waals surface area contributed by atoms with Crippen LogP contribution in [0.5, 0.6) is 5.75 Å². The molecule has 1 amide bonds. The van der Waals surface area contributed by atoms with Crippen molar-refractivity contribution in [2.75, 3.05) is 0 Å². The maximum atomic E-state index is 13.3. The molecular weight excluding hydrogens is 465 g/mol. The van der Waals surface area contributed by atoms with Gasteiger partial charge in [0.15, 0.2) is 0 Å². The zero-order valence-electron chi connectivity index (χ0n) is 17.2. The molecule has 3 aromatic carbocycles. The molecule has 1 aliphatic heterocycles. The zero-order valence-corrected chi connectivity index (χ0v) is 19.6. The smallest absolute Gasteiger partial charge is 0.266 e. The Morgan fingerprint density at radius 3 is 2.59 bits per heavy atom. The number of benzene rings is 3. The first-order chi connectivity index (χ1) is 15.4. The Kier molecular flexibility index (Phi) is 6.94. The van der Waals surface area contributed by atoms with Crippen LogP contribution in [0.1, 0.15) is 22.3 Å². The van der Waals surface area contributed by atoms with Gasteiger partial charge in [-0.2, -0.15) is 0 Å². The van der Waals surface area contributed by atoms with Crippen molar-refractivity contribution in [3.63, 3.8) is 0 Å². The summed E-state index contributed by atoms with van der Waals surface area (Å²) in [6.07, 6.45) is 1.77. The normalized spacial score (nSPS) is 15.0. The maximum Gasteiger partial charge on any atom is 0.266 e. The Labute approximate surface area is 200 Å². The molecule has 162 valence electrons. The first-order valence-electron chi connectivity index (χ1n) is 9.87. The van der Waals surface area contributed by atoms with Crippen molar-refractivity contribution in [3.8, 4) is 5.75 Å². The van der Waals surface area contributed by atoms with Gasteiger partial charge in [0.2, 0.25) is 0 Å². The standard InChI is InChI=1S/C25H19ClFNO2S2/c1-16-5-7-17(8-6-16)14-28-24(29)23(32-25(28)31)13-18-9-10-22(21(26)12-18)30-15-19-3-2-4-20(27)11-19/h2-13H,14-15H2,1H3/b23-13-. The second-order valence-electron chi connectivity index (χ2n) is 7.36. The van der Waals surface area contributed by atoms with Gasteiger partial charge in [-0.05, 0) is 54.0 Å². The Balaban J connectivity index is 1.45. The molecule has 1 fully saturated rings. The molecule has 3 nitrogen and oxygen atoms in total. The van der Waals surface area contributed by atoms with Crippen LogP contribution in [0.4, 0.5) is 4.39 Å². The molecule has 0 radical (unpaired) electrons. The summed E-state index contributed by atoms with van der Waals surface area (Å²) in [5.41, 5.74) is 3.67. The molecule has 4 rings (SSSR count). The molecule has 0 spiro atoms. The third-order valence-corrected chi connectivity index (χ3v) is 6.55.